The van der Waals surface area contributed by atoms with Crippen molar-refractivity contribution in [2.24, 2.45) is 5.92 Å². The van der Waals surface area contributed by atoms with Gasteiger partial charge in [0.25, 0.3) is 5.91 Å². The van der Waals surface area contributed by atoms with E-state index in [0.717, 1.165) is 25.9 Å². The maximum absolute atomic E-state index is 13.6. The summed E-state index contributed by atoms with van der Waals surface area (Å²) in [7, 11) is 0. The average Bonchev–Trinajstić information content (AvgIpc) is 2.90. The van der Waals surface area contributed by atoms with Gasteiger partial charge >= 0.3 is 5.97 Å². The monoisotopic (exact) mass is 507 g/mol. The van der Waals surface area contributed by atoms with Gasteiger partial charge in [0.1, 0.15) is 6.54 Å². The Balaban J connectivity index is 0.00000304. The molecule has 1 aromatic heterocycles. The van der Waals surface area contributed by atoms with Gasteiger partial charge in [-0.25, -0.2) is 4.79 Å². The molecule has 3 aromatic rings. The Labute approximate surface area is 217 Å². The van der Waals surface area contributed by atoms with Gasteiger partial charge in [-0.2, -0.15) is 0 Å². The number of halogens is 1. The van der Waals surface area contributed by atoms with Gasteiger partial charge in [0.05, 0.1) is 13.1 Å². The number of quaternary nitrogens is 1. The maximum atomic E-state index is 13.6. The number of rotatable bonds is 7. The number of pyridine rings is 1. The number of esters is 1. The maximum Gasteiger partial charge on any atom is 0.348 e. The smallest absolute Gasteiger partial charge is 0.348 e. The van der Waals surface area contributed by atoms with Crippen molar-refractivity contribution in [3.8, 4) is 0 Å². The molecule has 36 heavy (non-hydrogen) atoms. The van der Waals surface area contributed by atoms with Crippen molar-refractivity contribution < 1.29 is 36.3 Å². The standard InChI is InChI=1S/C28H29N3O4.ClH/c32-26(30-24-11-15-29-16-12-24)20-31-17-13-21(14-18-31)25(19-31)35-27(33)28(34,22-7-3-1-4-8-22)23-9-5-2-6-10-23;/h1-12,15-16,21,25,34H,13-14,17-20H2;1H/t21?,25-,31?;/m0./s1. The van der Waals surface area contributed by atoms with Gasteiger partial charge in [-0.1, -0.05) is 60.7 Å². The van der Waals surface area contributed by atoms with Gasteiger partial charge in [-0.15, -0.1) is 0 Å². The van der Waals surface area contributed by atoms with Crippen molar-refractivity contribution in [3.05, 3.63) is 96.3 Å². The van der Waals surface area contributed by atoms with Crippen molar-refractivity contribution in [2.75, 3.05) is 31.5 Å². The summed E-state index contributed by atoms with van der Waals surface area (Å²) >= 11 is 0. The molecule has 7 nitrogen and oxygen atoms in total. The van der Waals surface area contributed by atoms with E-state index in [4.69, 9.17) is 4.74 Å². The van der Waals surface area contributed by atoms with Crippen LogP contribution in [0.3, 0.4) is 0 Å². The van der Waals surface area contributed by atoms with Gasteiger partial charge in [0, 0.05) is 36.8 Å². The number of carbonyl (C=O) groups is 2. The van der Waals surface area contributed by atoms with Crippen LogP contribution in [0.15, 0.2) is 85.2 Å². The number of hydrogen-bond donors (Lipinski definition) is 2. The van der Waals surface area contributed by atoms with E-state index in [-0.39, 0.29) is 30.3 Å². The van der Waals surface area contributed by atoms with Gasteiger partial charge in [-0.3, -0.25) is 9.78 Å². The predicted octanol–water partition coefficient (Wildman–Crippen LogP) is 0.112. The number of benzene rings is 2. The molecule has 6 rings (SSSR count). The van der Waals surface area contributed by atoms with Crippen LogP contribution in [0.5, 0.6) is 0 Å². The van der Waals surface area contributed by atoms with Crippen molar-refractivity contribution in [1.29, 1.82) is 0 Å². The zero-order chi connectivity index (χ0) is 24.3. The van der Waals surface area contributed by atoms with E-state index in [0.29, 0.717) is 34.4 Å². The Morgan fingerprint density at radius 3 is 2.06 bits per heavy atom. The molecule has 3 fully saturated rings. The third kappa shape index (κ3) is 5.14. The summed E-state index contributed by atoms with van der Waals surface area (Å²) in [5, 5.41) is 14.7. The Morgan fingerprint density at radius 1 is 0.944 bits per heavy atom. The second kappa shape index (κ2) is 10.8. The minimum Gasteiger partial charge on any atom is -1.00 e. The van der Waals surface area contributed by atoms with Gasteiger partial charge in [-0.05, 0) is 23.3 Å². The molecule has 3 aliphatic rings. The van der Waals surface area contributed by atoms with Crippen LogP contribution in [0.4, 0.5) is 5.69 Å². The van der Waals surface area contributed by atoms with E-state index in [2.05, 4.69) is 10.3 Å². The predicted molar refractivity (Wildman–Crippen MR) is 131 cm³/mol. The van der Waals surface area contributed by atoms with Crippen LogP contribution in [0.25, 0.3) is 0 Å². The Morgan fingerprint density at radius 2 is 1.50 bits per heavy atom. The first kappa shape index (κ1) is 25.8. The number of fused-ring (bicyclic) bond motifs is 3. The molecular formula is C28H30ClN3O4. The number of piperidine rings is 3. The molecule has 0 saturated carbocycles. The largest absolute Gasteiger partial charge is 1.00 e. The Kier molecular flexibility index (Phi) is 7.73. The number of ether oxygens (including phenoxy) is 1. The van der Waals surface area contributed by atoms with E-state index in [9.17, 15) is 14.7 Å². The second-order valence-electron chi connectivity index (χ2n) is 9.64. The third-order valence-electron chi connectivity index (χ3n) is 7.42. The summed E-state index contributed by atoms with van der Waals surface area (Å²) in [6, 6.07) is 21.4. The van der Waals surface area contributed by atoms with Crippen LogP contribution in [-0.4, -0.2) is 58.7 Å². The van der Waals surface area contributed by atoms with E-state index in [1.165, 1.54) is 0 Å². The normalized spacial score (nSPS) is 22.8. The lowest BCUT2D eigenvalue weighted by atomic mass is 9.82. The molecule has 0 aliphatic carbocycles. The highest BCUT2D eigenvalue weighted by molar-refractivity contribution is 5.91. The van der Waals surface area contributed by atoms with Crippen molar-refractivity contribution in [3.63, 3.8) is 0 Å². The van der Waals surface area contributed by atoms with Crippen LogP contribution < -0.4 is 17.7 Å². The summed E-state index contributed by atoms with van der Waals surface area (Å²) in [6.07, 6.45) is 4.71. The summed E-state index contributed by atoms with van der Waals surface area (Å²) in [6.45, 7) is 2.65. The number of aliphatic hydroxyl groups is 1. The third-order valence-corrected chi connectivity index (χ3v) is 7.42. The summed E-state index contributed by atoms with van der Waals surface area (Å²) < 4.78 is 6.66. The lowest BCUT2D eigenvalue weighted by Crippen LogP contribution is -3.00. The van der Waals surface area contributed by atoms with Crippen LogP contribution in [-0.2, 0) is 19.9 Å². The Hall–Kier alpha value is -3.26. The van der Waals surface area contributed by atoms with Gasteiger partial charge < -0.3 is 32.1 Å². The van der Waals surface area contributed by atoms with Gasteiger partial charge in [0.2, 0.25) is 5.60 Å². The van der Waals surface area contributed by atoms with E-state index >= 15 is 0 Å². The minimum atomic E-state index is -1.90. The first-order valence-corrected chi connectivity index (χ1v) is 12.1. The first-order valence-electron chi connectivity index (χ1n) is 12.1. The number of amides is 1. The van der Waals surface area contributed by atoms with Crippen molar-refractivity contribution in [2.45, 2.75) is 24.5 Å². The van der Waals surface area contributed by atoms with E-state index in [1.807, 2.05) is 12.1 Å². The minimum absolute atomic E-state index is 0. The summed E-state index contributed by atoms with van der Waals surface area (Å²) in [5.74, 6) is -0.502. The average molecular weight is 508 g/mol. The lowest BCUT2D eigenvalue weighted by Gasteiger charge is -2.51. The van der Waals surface area contributed by atoms with Crippen LogP contribution >= 0.6 is 0 Å². The molecule has 8 heteroatoms. The molecule has 0 unspecified atom stereocenters. The van der Waals surface area contributed by atoms with E-state index < -0.39 is 11.6 Å². The molecule has 0 radical (unpaired) electrons. The topological polar surface area (TPSA) is 88.5 Å². The molecule has 4 heterocycles. The summed E-state index contributed by atoms with van der Waals surface area (Å²) in [4.78, 5) is 30.4. The van der Waals surface area contributed by atoms with Crippen molar-refractivity contribution >= 4 is 17.6 Å². The highest BCUT2D eigenvalue weighted by atomic mass is 35.5. The van der Waals surface area contributed by atoms with Crippen LogP contribution in [0.2, 0.25) is 0 Å². The molecule has 3 aliphatic heterocycles. The van der Waals surface area contributed by atoms with Crippen LogP contribution in [0.1, 0.15) is 24.0 Å². The molecule has 0 spiro atoms. The summed E-state index contributed by atoms with van der Waals surface area (Å²) in [5.41, 5.74) is -0.247. The number of aromatic nitrogens is 1. The highest BCUT2D eigenvalue weighted by Crippen LogP contribution is 2.38. The van der Waals surface area contributed by atoms with E-state index in [1.54, 1.807) is 73.1 Å². The molecule has 2 bridgehead atoms. The zero-order valence-corrected chi connectivity index (χ0v) is 20.7. The lowest BCUT2D eigenvalue weighted by molar-refractivity contribution is -0.939. The zero-order valence-electron chi connectivity index (χ0n) is 19.9. The number of nitrogens with one attached hydrogen (secondary N) is 1. The molecule has 2 aromatic carbocycles. The molecule has 1 amide bonds. The number of hydrogen-bond acceptors (Lipinski definition) is 5. The number of carbonyl (C=O) groups excluding carboxylic acids is 2. The fraction of sp³-hybridized carbons (Fsp3) is 0.321. The Bertz CT molecular complexity index is 1130. The number of anilines is 1. The fourth-order valence-electron chi connectivity index (χ4n) is 5.50. The first-order chi connectivity index (χ1) is 17.0. The molecule has 1 atom stereocenters. The fourth-order valence-corrected chi connectivity index (χ4v) is 5.50. The number of nitrogens with zero attached hydrogens (tertiary/aromatic N) is 2. The van der Waals surface area contributed by atoms with Crippen molar-refractivity contribution in [1.82, 2.24) is 4.98 Å². The van der Waals surface area contributed by atoms with Gasteiger partial charge in [0.15, 0.2) is 12.6 Å². The quantitative estimate of drug-likeness (QED) is 0.350. The molecule has 2 N–H and O–H groups in total. The highest BCUT2D eigenvalue weighted by Gasteiger charge is 2.51. The molecule has 188 valence electrons. The SMILES string of the molecule is O=C(C[N+]12CCC(CC1)[C@@H](OC(=O)C(O)(c1ccccc1)c1ccccc1)C2)Nc1ccncc1.[Cl-]. The second-order valence-corrected chi connectivity index (χ2v) is 9.64. The van der Waals surface area contributed by atoms with Crippen LogP contribution in [0, 0.1) is 5.92 Å². The molecule has 3 saturated heterocycles. The molecular weight excluding hydrogens is 478 g/mol.